The van der Waals surface area contributed by atoms with Crippen LogP contribution in [0, 0.1) is 11.6 Å². The number of sulfonamides is 1. The lowest BCUT2D eigenvalue weighted by atomic mass is 10.3. The zero-order valence-electron chi connectivity index (χ0n) is 10.9. The third-order valence-corrected chi connectivity index (χ3v) is 3.86. The molecule has 0 aliphatic heterocycles. The summed E-state index contributed by atoms with van der Waals surface area (Å²) in [4.78, 5) is -0.663. The first-order chi connectivity index (χ1) is 8.83. The molecule has 0 aliphatic rings. The van der Waals surface area contributed by atoms with Crippen molar-refractivity contribution in [3.8, 4) is 0 Å². The van der Waals surface area contributed by atoms with Crippen molar-refractivity contribution in [2.24, 2.45) is 0 Å². The summed E-state index contributed by atoms with van der Waals surface area (Å²) in [6.45, 7) is 4.77. The number of nitrogens with one attached hydrogen (secondary N) is 2. The first-order valence-corrected chi connectivity index (χ1v) is 7.49. The molecule has 2 N–H and O–H groups in total. The Morgan fingerprint density at radius 1 is 1.21 bits per heavy atom. The number of benzene rings is 1. The van der Waals surface area contributed by atoms with Gasteiger partial charge in [-0.2, -0.15) is 0 Å². The van der Waals surface area contributed by atoms with E-state index in [-0.39, 0.29) is 6.54 Å². The number of rotatable bonds is 7. The predicted molar refractivity (Wildman–Crippen MR) is 69.3 cm³/mol. The topological polar surface area (TPSA) is 58.2 Å². The average Bonchev–Trinajstić information content (AvgIpc) is 2.31. The van der Waals surface area contributed by atoms with E-state index in [2.05, 4.69) is 10.0 Å². The Morgan fingerprint density at radius 2 is 1.89 bits per heavy atom. The lowest BCUT2D eigenvalue weighted by Crippen LogP contribution is -2.30. The van der Waals surface area contributed by atoms with Gasteiger partial charge in [0.2, 0.25) is 10.0 Å². The molecule has 1 aromatic rings. The van der Waals surface area contributed by atoms with Crippen molar-refractivity contribution in [2.75, 3.05) is 13.1 Å². The van der Waals surface area contributed by atoms with E-state index in [9.17, 15) is 17.2 Å². The van der Waals surface area contributed by atoms with E-state index in [1.54, 1.807) is 0 Å². The van der Waals surface area contributed by atoms with Gasteiger partial charge in [-0.25, -0.2) is 21.9 Å². The Labute approximate surface area is 112 Å². The summed E-state index contributed by atoms with van der Waals surface area (Å²) in [5, 5.41) is 3.12. The number of hydrogen-bond donors (Lipinski definition) is 2. The van der Waals surface area contributed by atoms with Crippen LogP contribution in [-0.2, 0) is 10.0 Å². The molecule has 0 atom stereocenters. The van der Waals surface area contributed by atoms with E-state index >= 15 is 0 Å². The summed E-state index contributed by atoms with van der Waals surface area (Å²) in [6.07, 6.45) is 0.564. The highest BCUT2D eigenvalue weighted by Gasteiger charge is 2.19. The zero-order chi connectivity index (χ0) is 14.5. The molecule has 0 spiro atoms. The molecular weight excluding hydrogens is 274 g/mol. The minimum absolute atomic E-state index is 0.165. The summed E-state index contributed by atoms with van der Waals surface area (Å²) in [6, 6.07) is 2.66. The predicted octanol–water partition coefficient (Wildman–Crippen LogP) is 1.63. The highest BCUT2D eigenvalue weighted by atomic mass is 32.2. The molecule has 7 heteroatoms. The molecule has 0 aliphatic carbocycles. The second-order valence-electron chi connectivity index (χ2n) is 4.43. The van der Waals surface area contributed by atoms with E-state index in [1.807, 2.05) is 13.8 Å². The number of hydrogen-bond acceptors (Lipinski definition) is 3. The van der Waals surface area contributed by atoms with Crippen LogP contribution >= 0.6 is 0 Å². The fourth-order valence-electron chi connectivity index (χ4n) is 1.45. The lowest BCUT2D eigenvalue weighted by molar-refractivity contribution is 0.538. The summed E-state index contributed by atoms with van der Waals surface area (Å²) in [5.74, 6) is -1.75. The molecule has 1 rings (SSSR count). The largest absolute Gasteiger partial charge is 0.314 e. The molecule has 0 radical (unpaired) electrons. The van der Waals surface area contributed by atoms with Gasteiger partial charge in [0.05, 0.1) is 0 Å². The van der Waals surface area contributed by atoms with E-state index in [1.165, 1.54) is 0 Å². The zero-order valence-corrected chi connectivity index (χ0v) is 11.7. The Bertz CT molecular complexity index is 518. The summed E-state index contributed by atoms with van der Waals surface area (Å²) >= 11 is 0. The van der Waals surface area contributed by atoms with Crippen molar-refractivity contribution in [3.05, 3.63) is 29.8 Å². The van der Waals surface area contributed by atoms with Gasteiger partial charge in [0.25, 0.3) is 0 Å². The second kappa shape index (κ2) is 6.93. The van der Waals surface area contributed by atoms with E-state index in [0.717, 1.165) is 12.1 Å². The third kappa shape index (κ3) is 5.22. The van der Waals surface area contributed by atoms with Crippen LogP contribution in [0.1, 0.15) is 20.3 Å². The maximum Gasteiger partial charge on any atom is 0.243 e. The molecular formula is C12H18F2N2O2S. The monoisotopic (exact) mass is 292 g/mol. The first-order valence-electron chi connectivity index (χ1n) is 6.01. The smallest absolute Gasteiger partial charge is 0.243 e. The van der Waals surface area contributed by atoms with Crippen molar-refractivity contribution < 1.29 is 17.2 Å². The molecule has 0 saturated heterocycles. The van der Waals surface area contributed by atoms with Gasteiger partial charge in [-0.3, -0.25) is 0 Å². The Balaban J connectivity index is 2.59. The maximum absolute atomic E-state index is 13.3. The van der Waals surface area contributed by atoms with Crippen LogP contribution in [0.25, 0.3) is 0 Å². The normalized spacial score (nSPS) is 12.1. The van der Waals surface area contributed by atoms with Crippen LogP contribution in [0.2, 0.25) is 0 Å². The Kier molecular flexibility index (Phi) is 5.84. The summed E-state index contributed by atoms with van der Waals surface area (Å²) < 4.78 is 52.1. The molecule has 0 amide bonds. The van der Waals surface area contributed by atoms with Gasteiger partial charge in [-0.05, 0) is 31.2 Å². The molecule has 108 valence electrons. The highest BCUT2D eigenvalue weighted by molar-refractivity contribution is 7.89. The van der Waals surface area contributed by atoms with Crippen LogP contribution in [0.3, 0.4) is 0 Å². The SMILES string of the molecule is CC(C)NCCCNS(=O)(=O)c1cc(F)ccc1F. The second-order valence-corrected chi connectivity index (χ2v) is 6.17. The molecule has 1 aromatic carbocycles. The molecule has 0 heterocycles. The minimum atomic E-state index is -4.01. The molecule has 4 nitrogen and oxygen atoms in total. The van der Waals surface area contributed by atoms with Crippen molar-refractivity contribution in [1.29, 1.82) is 0 Å². The fourth-order valence-corrected chi connectivity index (χ4v) is 2.61. The first kappa shape index (κ1) is 16.0. The summed E-state index contributed by atoms with van der Waals surface area (Å²) in [5.41, 5.74) is 0. The van der Waals surface area contributed by atoms with Gasteiger partial charge in [0, 0.05) is 12.6 Å². The average molecular weight is 292 g/mol. The van der Waals surface area contributed by atoms with Crippen molar-refractivity contribution in [3.63, 3.8) is 0 Å². The van der Waals surface area contributed by atoms with Gasteiger partial charge >= 0.3 is 0 Å². The minimum Gasteiger partial charge on any atom is -0.314 e. The van der Waals surface area contributed by atoms with Crippen LogP contribution in [0.5, 0.6) is 0 Å². The Morgan fingerprint density at radius 3 is 2.53 bits per heavy atom. The molecule has 0 saturated carbocycles. The van der Waals surface area contributed by atoms with Crippen molar-refractivity contribution in [2.45, 2.75) is 31.2 Å². The quantitative estimate of drug-likeness (QED) is 0.751. The lowest BCUT2D eigenvalue weighted by Gasteiger charge is -2.09. The van der Waals surface area contributed by atoms with Gasteiger partial charge in [-0.15, -0.1) is 0 Å². The van der Waals surface area contributed by atoms with Crippen molar-refractivity contribution >= 4 is 10.0 Å². The maximum atomic E-state index is 13.3. The highest BCUT2D eigenvalue weighted by Crippen LogP contribution is 2.15. The third-order valence-electron chi connectivity index (χ3n) is 2.38. The van der Waals surface area contributed by atoms with Crippen LogP contribution < -0.4 is 10.0 Å². The van der Waals surface area contributed by atoms with E-state index < -0.39 is 26.6 Å². The van der Waals surface area contributed by atoms with Crippen LogP contribution in [0.15, 0.2) is 23.1 Å². The van der Waals surface area contributed by atoms with E-state index in [0.29, 0.717) is 25.1 Å². The fraction of sp³-hybridized carbons (Fsp3) is 0.500. The molecule has 0 bridgehead atoms. The molecule has 0 unspecified atom stereocenters. The number of halogens is 2. The van der Waals surface area contributed by atoms with Gasteiger partial charge in [0.15, 0.2) is 0 Å². The van der Waals surface area contributed by atoms with Crippen LogP contribution in [-0.4, -0.2) is 27.5 Å². The van der Waals surface area contributed by atoms with Crippen molar-refractivity contribution in [1.82, 2.24) is 10.0 Å². The van der Waals surface area contributed by atoms with Gasteiger partial charge in [-0.1, -0.05) is 13.8 Å². The molecule has 19 heavy (non-hydrogen) atoms. The van der Waals surface area contributed by atoms with Gasteiger partial charge < -0.3 is 5.32 Å². The van der Waals surface area contributed by atoms with E-state index in [4.69, 9.17) is 0 Å². The summed E-state index contributed by atoms with van der Waals surface area (Å²) in [7, 11) is -4.01. The van der Waals surface area contributed by atoms with Gasteiger partial charge in [0.1, 0.15) is 16.5 Å². The standard InChI is InChI=1S/C12H18F2N2O2S/c1-9(2)15-6-3-7-16-19(17,18)12-8-10(13)4-5-11(12)14/h4-5,8-9,15-16H,3,6-7H2,1-2H3. The Hall–Kier alpha value is -1.05. The van der Waals surface area contributed by atoms with Crippen LogP contribution in [0.4, 0.5) is 8.78 Å². The molecule has 0 aromatic heterocycles. The molecule has 0 fully saturated rings.